The molecule has 0 aliphatic heterocycles. The topological polar surface area (TPSA) is 28.2 Å². The van der Waals surface area contributed by atoms with Crippen molar-refractivity contribution in [1.82, 2.24) is 15.2 Å². The van der Waals surface area contributed by atoms with E-state index < -0.39 is 0 Å². The molecule has 0 bridgehead atoms. The lowest BCUT2D eigenvalue weighted by molar-refractivity contribution is 0.217. The molecular formula is C15H27N3. The Bertz CT molecular complexity index is 311. The van der Waals surface area contributed by atoms with Crippen LogP contribution >= 0.6 is 0 Å². The van der Waals surface area contributed by atoms with Crippen molar-refractivity contribution >= 4 is 0 Å². The second-order valence-corrected chi connectivity index (χ2v) is 5.35. The van der Waals surface area contributed by atoms with Gasteiger partial charge in [0, 0.05) is 25.3 Å². The van der Waals surface area contributed by atoms with Crippen LogP contribution < -0.4 is 5.32 Å². The Morgan fingerprint density at radius 3 is 2.61 bits per heavy atom. The molecule has 1 atom stereocenters. The summed E-state index contributed by atoms with van der Waals surface area (Å²) in [7, 11) is 2.18. The summed E-state index contributed by atoms with van der Waals surface area (Å²) >= 11 is 0. The average Bonchev–Trinajstić information content (AvgIpc) is 2.35. The SMILES string of the molecule is CCC(CNCC(C)C)N(C)Cc1ccccn1. The van der Waals surface area contributed by atoms with E-state index in [2.05, 4.69) is 49.1 Å². The number of rotatable bonds is 8. The summed E-state index contributed by atoms with van der Waals surface area (Å²) in [6.45, 7) is 9.79. The Kier molecular flexibility index (Phi) is 6.91. The maximum absolute atomic E-state index is 4.38. The van der Waals surface area contributed by atoms with Crippen LogP contribution in [0, 0.1) is 5.92 Å². The maximum Gasteiger partial charge on any atom is 0.0543 e. The third kappa shape index (κ3) is 5.61. The fourth-order valence-corrected chi connectivity index (χ4v) is 2.03. The van der Waals surface area contributed by atoms with E-state index in [0.717, 1.165) is 31.7 Å². The van der Waals surface area contributed by atoms with Crippen LogP contribution in [-0.4, -0.2) is 36.1 Å². The molecule has 3 nitrogen and oxygen atoms in total. The fourth-order valence-electron chi connectivity index (χ4n) is 2.03. The van der Waals surface area contributed by atoms with Crippen LogP contribution in [0.2, 0.25) is 0 Å². The van der Waals surface area contributed by atoms with Gasteiger partial charge in [-0.05, 0) is 38.1 Å². The van der Waals surface area contributed by atoms with Gasteiger partial charge in [0.25, 0.3) is 0 Å². The van der Waals surface area contributed by atoms with E-state index in [-0.39, 0.29) is 0 Å². The van der Waals surface area contributed by atoms with Gasteiger partial charge in [0.2, 0.25) is 0 Å². The van der Waals surface area contributed by atoms with Gasteiger partial charge in [-0.3, -0.25) is 9.88 Å². The van der Waals surface area contributed by atoms with E-state index in [1.165, 1.54) is 0 Å². The zero-order chi connectivity index (χ0) is 13.4. The van der Waals surface area contributed by atoms with Crippen molar-refractivity contribution in [1.29, 1.82) is 0 Å². The number of hydrogen-bond donors (Lipinski definition) is 1. The van der Waals surface area contributed by atoms with Crippen LogP contribution in [0.3, 0.4) is 0 Å². The molecule has 1 heterocycles. The average molecular weight is 249 g/mol. The van der Waals surface area contributed by atoms with Crippen molar-refractivity contribution in [2.24, 2.45) is 5.92 Å². The smallest absolute Gasteiger partial charge is 0.0543 e. The molecule has 0 radical (unpaired) electrons. The maximum atomic E-state index is 4.38. The van der Waals surface area contributed by atoms with Crippen LogP contribution in [0.25, 0.3) is 0 Å². The van der Waals surface area contributed by atoms with E-state index >= 15 is 0 Å². The van der Waals surface area contributed by atoms with Crippen molar-refractivity contribution in [3.63, 3.8) is 0 Å². The van der Waals surface area contributed by atoms with Crippen LogP contribution in [0.1, 0.15) is 32.9 Å². The highest BCUT2D eigenvalue weighted by atomic mass is 15.2. The third-order valence-electron chi connectivity index (χ3n) is 3.16. The molecule has 0 saturated heterocycles. The molecule has 0 fully saturated rings. The molecule has 18 heavy (non-hydrogen) atoms. The van der Waals surface area contributed by atoms with Gasteiger partial charge in [-0.25, -0.2) is 0 Å². The molecule has 0 aliphatic carbocycles. The number of aromatic nitrogens is 1. The highest BCUT2D eigenvalue weighted by Gasteiger charge is 2.13. The molecule has 1 rings (SSSR count). The minimum absolute atomic E-state index is 0.575. The van der Waals surface area contributed by atoms with Crippen LogP contribution in [0.4, 0.5) is 0 Å². The van der Waals surface area contributed by atoms with E-state index in [0.29, 0.717) is 12.0 Å². The van der Waals surface area contributed by atoms with E-state index in [9.17, 15) is 0 Å². The molecule has 0 spiro atoms. The highest BCUT2D eigenvalue weighted by Crippen LogP contribution is 2.06. The molecule has 0 amide bonds. The van der Waals surface area contributed by atoms with Crippen molar-refractivity contribution < 1.29 is 0 Å². The van der Waals surface area contributed by atoms with Crippen LogP contribution in [0.5, 0.6) is 0 Å². The second kappa shape index (κ2) is 8.22. The molecule has 3 heteroatoms. The molecule has 1 unspecified atom stereocenters. The Labute approximate surface area is 112 Å². The zero-order valence-corrected chi connectivity index (χ0v) is 12.2. The third-order valence-corrected chi connectivity index (χ3v) is 3.16. The van der Waals surface area contributed by atoms with Gasteiger partial charge >= 0.3 is 0 Å². The normalized spacial score (nSPS) is 13.2. The number of nitrogens with zero attached hydrogens (tertiary/aromatic N) is 2. The standard InChI is InChI=1S/C15H27N3/c1-5-15(11-16-10-13(2)3)18(4)12-14-8-6-7-9-17-14/h6-9,13,15-16H,5,10-12H2,1-4H3. The first kappa shape index (κ1) is 15.1. The van der Waals surface area contributed by atoms with E-state index in [1.54, 1.807) is 0 Å². The minimum Gasteiger partial charge on any atom is -0.315 e. The number of pyridine rings is 1. The first-order valence-electron chi connectivity index (χ1n) is 6.94. The molecule has 0 saturated carbocycles. The van der Waals surface area contributed by atoms with Crippen molar-refractivity contribution in [2.45, 2.75) is 39.8 Å². The van der Waals surface area contributed by atoms with Crippen LogP contribution in [-0.2, 0) is 6.54 Å². The summed E-state index contributed by atoms with van der Waals surface area (Å²) in [6, 6.07) is 6.68. The quantitative estimate of drug-likeness (QED) is 0.767. The van der Waals surface area contributed by atoms with Gasteiger partial charge in [0.15, 0.2) is 0 Å². The molecule has 0 aliphatic rings. The molecule has 1 aromatic rings. The first-order chi connectivity index (χ1) is 8.63. The van der Waals surface area contributed by atoms with Crippen molar-refractivity contribution in [3.8, 4) is 0 Å². The summed E-state index contributed by atoms with van der Waals surface area (Å²) < 4.78 is 0. The van der Waals surface area contributed by atoms with Gasteiger partial charge in [0.05, 0.1) is 5.69 Å². The Morgan fingerprint density at radius 2 is 2.06 bits per heavy atom. The lowest BCUT2D eigenvalue weighted by Gasteiger charge is -2.27. The molecule has 0 aromatic carbocycles. The second-order valence-electron chi connectivity index (χ2n) is 5.35. The number of likely N-dealkylation sites (N-methyl/N-ethyl adjacent to an activating group) is 1. The summed E-state index contributed by atoms with van der Waals surface area (Å²) in [6.07, 6.45) is 3.02. The predicted octanol–water partition coefficient (Wildman–Crippen LogP) is 2.54. The summed E-state index contributed by atoms with van der Waals surface area (Å²) in [5, 5.41) is 3.54. The molecule has 1 N–H and O–H groups in total. The van der Waals surface area contributed by atoms with Gasteiger partial charge in [0.1, 0.15) is 0 Å². The first-order valence-corrected chi connectivity index (χ1v) is 6.94. The van der Waals surface area contributed by atoms with Crippen molar-refractivity contribution in [2.75, 3.05) is 20.1 Å². The number of nitrogens with one attached hydrogen (secondary N) is 1. The largest absolute Gasteiger partial charge is 0.315 e. The Balaban J connectivity index is 2.39. The van der Waals surface area contributed by atoms with E-state index in [4.69, 9.17) is 0 Å². The van der Waals surface area contributed by atoms with Gasteiger partial charge in [-0.2, -0.15) is 0 Å². The van der Waals surface area contributed by atoms with Crippen LogP contribution in [0.15, 0.2) is 24.4 Å². The highest BCUT2D eigenvalue weighted by molar-refractivity contribution is 5.03. The van der Waals surface area contributed by atoms with E-state index in [1.807, 2.05) is 18.3 Å². The van der Waals surface area contributed by atoms with Gasteiger partial charge < -0.3 is 5.32 Å². The molecule has 1 aromatic heterocycles. The predicted molar refractivity (Wildman–Crippen MR) is 77.5 cm³/mol. The summed E-state index contributed by atoms with van der Waals surface area (Å²) in [5.74, 6) is 0.712. The molecule has 102 valence electrons. The summed E-state index contributed by atoms with van der Waals surface area (Å²) in [5.41, 5.74) is 1.14. The van der Waals surface area contributed by atoms with Gasteiger partial charge in [-0.15, -0.1) is 0 Å². The fraction of sp³-hybridized carbons (Fsp3) is 0.667. The Hall–Kier alpha value is -0.930. The monoisotopic (exact) mass is 249 g/mol. The van der Waals surface area contributed by atoms with Crippen molar-refractivity contribution in [3.05, 3.63) is 30.1 Å². The Morgan fingerprint density at radius 1 is 1.28 bits per heavy atom. The molecular weight excluding hydrogens is 222 g/mol. The summed E-state index contributed by atoms with van der Waals surface area (Å²) in [4.78, 5) is 6.77. The minimum atomic E-state index is 0.575. The lowest BCUT2D eigenvalue weighted by Crippen LogP contribution is -2.40. The zero-order valence-electron chi connectivity index (χ0n) is 12.2. The van der Waals surface area contributed by atoms with Gasteiger partial charge in [-0.1, -0.05) is 26.8 Å². The number of hydrogen-bond acceptors (Lipinski definition) is 3. The lowest BCUT2D eigenvalue weighted by atomic mass is 10.1.